The van der Waals surface area contributed by atoms with Gasteiger partial charge in [0.05, 0.1) is 0 Å². The monoisotopic (exact) mass is 200 g/mol. The Labute approximate surface area is 82.7 Å². The molecule has 1 aromatic heterocycles. The number of nitrogens with zero attached hydrogens (tertiary/aromatic N) is 2. The Morgan fingerprint density at radius 2 is 2.38 bits per heavy atom. The number of thioether (sulfide) groups is 1. The Balaban J connectivity index is 2.19. The molecule has 0 bridgehead atoms. The van der Waals surface area contributed by atoms with Gasteiger partial charge in [-0.05, 0) is 12.3 Å². The van der Waals surface area contributed by atoms with Gasteiger partial charge >= 0.3 is 0 Å². The summed E-state index contributed by atoms with van der Waals surface area (Å²) < 4.78 is 0. The molecule has 4 nitrogen and oxygen atoms in total. The lowest BCUT2D eigenvalue weighted by Crippen LogP contribution is -2.24. The van der Waals surface area contributed by atoms with E-state index in [0.717, 1.165) is 17.3 Å². The normalized spacial score (nSPS) is 13.5. The van der Waals surface area contributed by atoms with Gasteiger partial charge in [0.2, 0.25) is 0 Å². The van der Waals surface area contributed by atoms with Crippen molar-refractivity contribution >= 4 is 11.8 Å². The molecule has 3 N–H and O–H groups in total. The third-order valence-corrected chi connectivity index (χ3v) is 2.67. The van der Waals surface area contributed by atoms with Crippen molar-refractivity contribution in [2.24, 2.45) is 11.7 Å². The summed E-state index contributed by atoms with van der Waals surface area (Å²) in [4.78, 5) is 4.01. The fourth-order valence-corrected chi connectivity index (χ4v) is 1.87. The Bertz CT molecular complexity index is 222. The van der Waals surface area contributed by atoms with E-state index in [4.69, 9.17) is 5.73 Å². The lowest BCUT2D eigenvalue weighted by atomic mass is 10.1. The Hall–Kier alpha value is -0.550. The van der Waals surface area contributed by atoms with Gasteiger partial charge in [-0.2, -0.15) is 5.10 Å². The van der Waals surface area contributed by atoms with E-state index in [2.05, 4.69) is 29.0 Å². The van der Waals surface area contributed by atoms with Crippen molar-refractivity contribution in [1.82, 2.24) is 15.2 Å². The average Bonchev–Trinajstić information content (AvgIpc) is 2.51. The summed E-state index contributed by atoms with van der Waals surface area (Å²) in [6, 6.07) is 0.245. The fraction of sp³-hybridized carbons (Fsp3) is 0.750. The van der Waals surface area contributed by atoms with Gasteiger partial charge in [-0.1, -0.05) is 25.6 Å². The Morgan fingerprint density at radius 1 is 1.62 bits per heavy atom. The van der Waals surface area contributed by atoms with E-state index in [9.17, 15) is 0 Å². The van der Waals surface area contributed by atoms with Crippen molar-refractivity contribution in [2.45, 2.75) is 31.5 Å². The van der Waals surface area contributed by atoms with Gasteiger partial charge in [-0.15, -0.1) is 0 Å². The maximum absolute atomic E-state index is 5.91. The molecule has 1 heterocycles. The summed E-state index contributed by atoms with van der Waals surface area (Å²) in [5.41, 5.74) is 5.91. The molecule has 1 atom stereocenters. The maximum atomic E-state index is 5.91. The fourth-order valence-electron chi connectivity index (χ4n) is 1.12. The van der Waals surface area contributed by atoms with Crippen LogP contribution in [0, 0.1) is 5.92 Å². The zero-order valence-electron chi connectivity index (χ0n) is 8.03. The van der Waals surface area contributed by atoms with Gasteiger partial charge in [0.25, 0.3) is 0 Å². The van der Waals surface area contributed by atoms with E-state index in [1.54, 1.807) is 11.8 Å². The molecule has 5 heteroatoms. The Kier molecular flexibility index (Phi) is 4.24. The molecule has 13 heavy (non-hydrogen) atoms. The lowest BCUT2D eigenvalue weighted by molar-refractivity contribution is 0.524. The van der Waals surface area contributed by atoms with Crippen molar-refractivity contribution in [1.29, 1.82) is 0 Å². The highest BCUT2D eigenvalue weighted by Crippen LogP contribution is 2.14. The van der Waals surface area contributed by atoms with Crippen molar-refractivity contribution in [3.05, 3.63) is 6.33 Å². The molecule has 0 fully saturated rings. The number of hydrogen-bond acceptors (Lipinski definition) is 4. The second-order valence-corrected chi connectivity index (χ2v) is 4.50. The van der Waals surface area contributed by atoms with Gasteiger partial charge in [0, 0.05) is 11.8 Å². The zero-order chi connectivity index (χ0) is 9.68. The molecule has 0 aromatic carbocycles. The minimum Gasteiger partial charge on any atom is -0.327 e. The van der Waals surface area contributed by atoms with Crippen LogP contribution >= 0.6 is 11.8 Å². The van der Waals surface area contributed by atoms with Crippen LogP contribution in [0.1, 0.15) is 20.3 Å². The second kappa shape index (κ2) is 5.24. The first-order valence-electron chi connectivity index (χ1n) is 4.42. The number of H-pyrrole nitrogens is 1. The molecular formula is C8H16N4S. The first-order valence-corrected chi connectivity index (χ1v) is 5.40. The van der Waals surface area contributed by atoms with E-state index >= 15 is 0 Å². The van der Waals surface area contributed by atoms with Crippen LogP contribution in [0.25, 0.3) is 0 Å². The first kappa shape index (κ1) is 10.5. The van der Waals surface area contributed by atoms with Crippen LogP contribution in [0.2, 0.25) is 0 Å². The van der Waals surface area contributed by atoms with Crippen molar-refractivity contribution in [3.8, 4) is 0 Å². The molecule has 1 aromatic rings. The largest absolute Gasteiger partial charge is 0.327 e. The summed E-state index contributed by atoms with van der Waals surface area (Å²) in [5.74, 6) is 1.55. The molecule has 0 aliphatic heterocycles. The topological polar surface area (TPSA) is 67.6 Å². The average molecular weight is 200 g/mol. The molecule has 0 aliphatic carbocycles. The van der Waals surface area contributed by atoms with E-state index in [-0.39, 0.29) is 6.04 Å². The van der Waals surface area contributed by atoms with Crippen LogP contribution in [-0.4, -0.2) is 27.0 Å². The van der Waals surface area contributed by atoms with Crippen molar-refractivity contribution in [3.63, 3.8) is 0 Å². The smallest absolute Gasteiger partial charge is 0.183 e. The van der Waals surface area contributed by atoms with Gasteiger partial charge in [0.15, 0.2) is 5.16 Å². The molecule has 0 radical (unpaired) electrons. The molecule has 74 valence electrons. The predicted molar refractivity (Wildman–Crippen MR) is 54.5 cm³/mol. The van der Waals surface area contributed by atoms with Crippen LogP contribution in [0.4, 0.5) is 0 Å². The number of nitrogens with one attached hydrogen (secondary N) is 1. The summed E-state index contributed by atoms with van der Waals surface area (Å²) in [6.45, 7) is 4.36. The lowest BCUT2D eigenvalue weighted by Gasteiger charge is -2.11. The SMILES string of the molecule is CC(C)CC(N)CSc1ncn[nH]1. The van der Waals surface area contributed by atoms with Gasteiger partial charge in [-0.3, -0.25) is 5.10 Å². The number of rotatable bonds is 5. The molecule has 1 rings (SSSR count). The van der Waals surface area contributed by atoms with E-state index in [1.807, 2.05) is 0 Å². The molecule has 0 amide bonds. The third-order valence-electron chi connectivity index (χ3n) is 1.60. The number of hydrogen-bond donors (Lipinski definition) is 2. The molecule has 0 spiro atoms. The number of aromatic amines is 1. The van der Waals surface area contributed by atoms with Crippen LogP contribution in [0.3, 0.4) is 0 Å². The van der Waals surface area contributed by atoms with Crippen molar-refractivity contribution < 1.29 is 0 Å². The molecule has 0 aliphatic rings. The van der Waals surface area contributed by atoms with Gasteiger partial charge in [-0.25, -0.2) is 4.98 Å². The summed E-state index contributed by atoms with van der Waals surface area (Å²) in [6.07, 6.45) is 2.57. The number of nitrogens with two attached hydrogens (primary N) is 1. The van der Waals surface area contributed by atoms with E-state index < -0.39 is 0 Å². The van der Waals surface area contributed by atoms with E-state index in [0.29, 0.717) is 5.92 Å². The Morgan fingerprint density at radius 3 is 2.92 bits per heavy atom. The predicted octanol–water partition coefficient (Wildman–Crippen LogP) is 1.27. The first-order chi connectivity index (χ1) is 6.18. The minimum atomic E-state index is 0.245. The summed E-state index contributed by atoms with van der Waals surface area (Å²) in [5, 5.41) is 7.40. The quantitative estimate of drug-likeness (QED) is 0.702. The van der Waals surface area contributed by atoms with Gasteiger partial charge in [0.1, 0.15) is 6.33 Å². The standard InChI is InChI=1S/C8H16N4S/c1-6(2)3-7(9)4-13-8-10-5-11-12-8/h5-7H,3-4,9H2,1-2H3,(H,10,11,12). The van der Waals surface area contributed by atoms with Crippen LogP contribution in [0.15, 0.2) is 11.5 Å². The number of aromatic nitrogens is 3. The molecule has 1 unspecified atom stereocenters. The van der Waals surface area contributed by atoms with Crippen LogP contribution in [0.5, 0.6) is 0 Å². The molecular weight excluding hydrogens is 184 g/mol. The third kappa shape index (κ3) is 4.28. The molecule has 0 saturated heterocycles. The highest BCUT2D eigenvalue weighted by molar-refractivity contribution is 7.99. The van der Waals surface area contributed by atoms with Crippen LogP contribution < -0.4 is 5.73 Å². The van der Waals surface area contributed by atoms with E-state index in [1.165, 1.54) is 6.33 Å². The zero-order valence-corrected chi connectivity index (χ0v) is 8.84. The molecule has 0 saturated carbocycles. The summed E-state index contributed by atoms with van der Waals surface area (Å²) >= 11 is 1.62. The highest BCUT2D eigenvalue weighted by Gasteiger charge is 2.06. The minimum absolute atomic E-state index is 0.245. The summed E-state index contributed by atoms with van der Waals surface area (Å²) in [7, 11) is 0. The maximum Gasteiger partial charge on any atom is 0.183 e. The second-order valence-electron chi connectivity index (χ2n) is 3.49. The van der Waals surface area contributed by atoms with Crippen LogP contribution in [-0.2, 0) is 0 Å². The van der Waals surface area contributed by atoms with Crippen molar-refractivity contribution in [2.75, 3.05) is 5.75 Å². The highest BCUT2D eigenvalue weighted by atomic mass is 32.2. The van der Waals surface area contributed by atoms with Gasteiger partial charge < -0.3 is 5.73 Å².